The predicted molar refractivity (Wildman–Crippen MR) is 148 cm³/mol. The summed E-state index contributed by atoms with van der Waals surface area (Å²) in [6, 6.07) is 6.22. The summed E-state index contributed by atoms with van der Waals surface area (Å²) < 4.78 is 13.5. The van der Waals surface area contributed by atoms with E-state index in [1.54, 1.807) is 29.3 Å². The van der Waals surface area contributed by atoms with Gasteiger partial charge in [-0.15, -0.1) is 0 Å². The summed E-state index contributed by atoms with van der Waals surface area (Å²) >= 11 is 6.23. The van der Waals surface area contributed by atoms with E-state index in [0.29, 0.717) is 30.8 Å². The molecule has 1 spiro atoms. The fraction of sp³-hybridized carbons (Fsp3) is 0.300. The maximum absolute atomic E-state index is 13.5. The molecular formula is C30H32ClFN4O2. The number of pyridine rings is 1. The molecule has 38 heavy (non-hydrogen) atoms. The molecule has 2 heterocycles. The molecule has 0 radical (unpaired) electrons. The number of amides is 2. The maximum atomic E-state index is 13.5. The number of aromatic nitrogens is 1. The Labute approximate surface area is 227 Å². The lowest BCUT2D eigenvalue weighted by atomic mass is 9.78. The summed E-state index contributed by atoms with van der Waals surface area (Å²) in [7, 11) is 0. The lowest BCUT2D eigenvalue weighted by molar-refractivity contribution is -0.139. The molecule has 4 rings (SSSR count). The number of allylic oxidation sites excluding steroid dienone is 3. The molecule has 1 aliphatic carbocycles. The zero-order chi connectivity index (χ0) is 27.7. The molecule has 0 saturated heterocycles. The van der Waals surface area contributed by atoms with E-state index in [-0.39, 0.29) is 23.4 Å². The molecule has 6 nitrogen and oxygen atoms in total. The number of nitrogens with one attached hydrogen (secondary N) is 1. The van der Waals surface area contributed by atoms with Gasteiger partial charge in [-0.05, 0) is 41.3 Å². The minimum atomic E-state index is -0.772. The monoisotopic (exact) mass is 534 g/mol. The van der Waals surface area contributed by atoms with Crippen LogP contribution in [0.3, 0.4) is 0 Å². The third kappa shape index (κ3) is 5.43. The van der Waals surface area contributed by atoms with E-state index >= 15 is 0 Å². The average molecular weight is 535 g/mol. The molecule has 1 aliphatic heterocycles. The fourth-order valence-corrected chi connectivity index (χ4v) is 5.18. The van der Waals surface area contributed by atoms with E-state index in [2.05, 4.69) is 16.9 Å². The molecule has 8 heteroatoms. The van der Waals surface area contributed by atoms with E-state index in [9.17, 15) is 14.0 Å². The second-order valence-corrected chi connectivity index (χ2v) is 11.2. The summed E-state index contributed by atoms with van der Waals surface area (Å²) in [5.74, 6) is -0.223. The van der Waals surface area contributed by atoms with E-state index in [1.807, 2.05) is 45.1 Å². The molecule has 1 atom stereocenters. The Hall–Kier alpha value is -3.71. The zero-order valence-electron chi connectivity index (χ0n) is 21.9. The minimum absolute atomic E-state index is 0.0479. The van der Waals surface area contributed by atoms with Crippen LogP contribution in [-0.2, 0) is 29.0 Å². The number of nitrogens with zero attached hydrogens (tertiary/aromatic N) is 2. The molecular weight excluding hydrogens is 503 g/mol. The number of hydrogen-bond donors (Lipinski definition) is 2. The van der Waals surface area contributed by atoms with Gasteiger partial charge in [0.1, 0.15) is 11.6 Å². The molecule has 0 unspecified atom stereocenters. The normalized spacial score (nSPS) is 19.0. The first-order valence-electron chi connectivity index (χ1n) is 12.4. The first kappa shape index (κ1) is 27.3. The van der Waals surface area contributed by atoms with Crippen LogP contribution in [0.1, 0.15) is 43.2 Å². The smallest absolute Gasteiger partial charge is 0.237 e. The third-order valence-electron chi connectivity index (χ3n) is 6.87. The van der Waals surface area contributed by atoms with Crippen LogP contribution >= 0.6 is 11.6 Å². The average Bonchev–Trinajstić information content (AvgIpc) is 3.33. The number of halogens is 2. The van der Waals surface area contributed by atoms with E-state index in [4.69, 9.17) is 17.3 Å². The summed E-state index contributed by atoms with van der Waals surface area (Å²) in [4.78, 5) is 32.4. The van der Waals surface area contributed by atoms with E-state index in [1.165, 1.54) is 12.1 Å². The highest BCUT2D eigenvalue weighted by atomic mass is 35.5. The number of nitrogens with two attached hydrogens (primary N) is 1. The van der Waals surface area contributed by atoms with Crippen molar-refractivity contribution in [3.05, 3.63) is 106 Å². The van der Waals surface area contributed by atoms with Gasteiger partial charge >= 0.3 is 0 Å². The lowest BCUT2D eigenvalue weighted by Gasteiger charge is -2.29. The quantitative estimate of drug-likeness (QED) is 0.484. The number of benzene rings is 1. The Balaban J connectivity index is 1.53. The van der Waals surface area contributed by atoms with Crippen molar-refractivity contribution in [2.45, 2.75) is 40.2 Å². The predicted octanol–water partition coefficient (Wildman–Crippen LogP) is 5.09. The van der Waals surface area contributed by atoms with Gasteiger partial charge in [-0.1, -0.05) is 75.4 Å². The Morgan fingerprint density at radius 3 is 2.74 bits per heavy atom. The number of fused-ring (bicyclic) bond motifs is 1. The number of carbonyl (C=O) groups is 2. The molecule has 0 saturated carbocycles. The highest BCUT2D eigenvalue weighted by molar-refractivity contribution is 6.31. The van der Waals surface area contributed by atoms with Crippen molar-refractivity contribution in [2.24, 2.45) is 16.6 Å². The second kappa shape index (κ2) is 10.6. The van der Waals surface area contributed by atoms with Gasteiger partial charge in [-0.25, -0.2) is 4.39 Å². The van der Waals surface area contributed by atoms with E-state index < -0.39 is 16.6 Å². The summed E-state index contributed by atoms with van der Waals surface area (Å²) in [5, 5.41) is 3.06. The first-order chi connectivity index (χ1) is 17.9. The molecule has 0 fully saturated rings. The van der Waals surface area contributed by atoms with Crippen LogP contribution in [0.25, 0.3) is 6.08 Å². The van der Waals surface area contributed by atoms with Crippen molar-refractivity contribution < 1.29 is 14.0 Å². The number of rotatable bonds is 7. The van der Waals surface area contributed by atoms with Crippen molar-refractivity contribution in [1.29, 1.82) is 0 Å². The van der Waals surface area contributed by atoms with E-state index in [0.717, 1.165) is 22.4 Å². The molecule has 3 N–H and O–H groups in total. The Morgan fingerprint density at radius 1 is 1.29 bits per heavy atom. The highest BCUT2D eigenvalue weighted by Crippen LogP contribution is 2.46. The molecule has 2 amide bonds. The van der Waals surface area contributed by atoms with Gasteiger partial charge in [0.15, 0.2) is 0 Å². The van der Waals surface area contributed by atoms with Crippen molar-refractivity contribution in [3.63, 3.8) is 0 Å². The topological polar surface area (TPSA) is 88.3 Å². The van der Waals surface area contributed by atoms with Crippen molar-refractivity contribution in [3.8, 4) is 0 Å². The van der Waals surface area contributed by atoms with Gasteiger partial charge in [0, 0.05) is 47.4 Å². The van der Waals surface area contributed by atoms with Gasteiger partial charge in [-0.2, -0.15) is 0 Å². The molecule has 1 aromatic heterocycles. The van der Waals surface area contributed by atoms with Crippen LogP contribution in [0, 0.1) is 16.6 Å². The Morgan fingerprint density at radius 2 is 2.05 bits per heavy atom. The number of carbonyl (C=O) groups excluding carboxylic acids is 2. The van der Waals surface area contributed by atoms with Crippen molar-refractivity contribution >= 4 is 29.5 Å². The Bertz CT molecular complexity index is 1390. The lowest BCUT2D eigenvalue weighted by Crippen LogP contribution is -2.39. The molecule has 2 aliphatic rings. The summed E-state index contributed by atoms with van der Waals surface area (Å²) in [6.07, 6.45) is 11.8. The van der Waals surface area contributed by atoms with Gasteiger partial charge in [0.25, 0.3) is 0 Å². The van der Waals surface area contributed by atoms with Crippen molar-refractivity contribution in [2.75, 3.05) is 6.54 Å². The standard InChI is InChI=1S/C30H32ClFN4O2/c1-5-6-9-23-26(33)35-27(37)30(23)15-21-13-19(17-34-25(21)16-30)8-7-12-36(28(38)29(2,3)4)18-20-10-11-22(32)14-24(20)31/h5-11,13-14,17H,1,12,15-16,18,33H2,2-4H3,(H,35,37)/b8-7+,9-6-/t30-/m0/s1. The van der Waals surface area contributed by atoms with Crippen LogP contribution in [0.15, 0.2) is 72.7 Å². The molecule has 2 aromatic rings. The fourth-order valence-electron chi connectivity index (χ4n) is 4.95. The largest absolute Gasteiger partial charge is 0.385 e. The Kier molecular flexibility index (Phi) is 7.61. The van der Waals surface area contributed by atoms with Crippen LogP contribution < -0.4 is 11.1 Å². The van der Waals surface area contributed by atoms with Gasteiger partial charge in [0.2, 0.25) is 11.8 Å². The SMILES string of the molecule is C=C/C=C\C1=C(N)NC(=O)[C@]12Cc1cc(/C=C/CN(Cc3ccc(F)cc3Cl)C(=O)C(C)(C)C)cnc1C2. The molecule has 1 aromatic carbocycles. The van der Waals surface area contributed by atoms with Gasteiger partial charge in [-0.3, -0.25) is 14.6 Å². The van der Waals surface area contributed by atoms with Crippen LogP contribution in [0.2, 0.25) is 5.02 Å². The van der Waals surface area contributed by atoms with Crippen LogP contribution in [0.5, 0.6) is 0 Å². The first-order valence-corrected chi connectivity index (χ1v) is 12.8. The van der Waals surface area contributed by atoms with Crippen LogP contribution in [0.4, 0.5) is 4.39 Å². The van der Waals surface area contributed by atoms with Gasteiger partial charge in [0.05, 0.1) is 5.41 Å². The second-order valence-electron chi connectivity index (χ2n) is 10.8. The molecule has 198 valence electrons. The summed E-state index contributed by atoms with van der Waals surface area (Å²) in [6.45, 7) is 9.88. The number of hydrogen-bond acceptors (Lipinski definition) is 4. The minimum Gasteiger partial charge on any atom is -0.385 e. The maximum Gasteiger partial charge on any atom is 0.237 e. The van der Waals surface area contributed by atoms with Gasteiger partial charge < -0.3 is 16.0 Å². The zero-order valence-corrected chi connectivity index (χ0v) is 22.6. The van der Waals surface area contributed by atoms with Crippen molar-refractivity contribution in [1.82, 2.24) is 15.2 Å². The summed E-state index contributed by atoms with van der Waals surface area (Å²) in [5.41, 5.74) is 8.90. The third-order valence-corrected chi connectivity index (χ3v) is 7.22. The molecule has 0 bridgehead atoms. The van der Waals surface area contributed by atoms with Crippen LogP contribution in [-0.4, -0.2) is 28.2 Å². The highest BCUT2D eigenvalue weighted by Gasteiger charge is 2.51.